The summed E-state index contributed by atoms with van der Waals surface area (Å²) in [7, 11) is 3.20. The van der Waals surface area contributed by atoms with Crippen molar-refractivity contribution in [1.82, 2.24) is 9.88 Å². The van der Waals surface area contributed by atoms with Crippen molar-refractivity contribution in [3.63, 3.8) is 0 Å². The monoisotopic (exact) mass is 591 g/mol. The van der Waals surface area contributed by atoms with Crippen molar-refractivity contribution in [2.24, 2.45) is 0 Å². The van der Waals surface area contributed by atoms with Crippen LogP contribution in [0.25, 0.3) is 0 Å². The first-order valence-corrected chi connectivity index (χ1v) is 14.3. The fourth-order valence-electron chi connectivity index (χ4n) is 5.51. The van der Waals surface area contributed by atoms with E-state index < -0.39 is 17.5 Å². The van der Waals surface area contributed by atoms with Gasteiger partial charge in [0.2, 0.25) is 0 Å². The van der Waals surface area contributed by atoms with Crippen molar-refractivity contribution in [2.45, 2.75) is 58.8 Å². The van der Waals surface area contributed by atoms with Crippen LogP contribution in [0.4, 0.5) is 31.2 Å². The summed E-state index contributed by atoms with van der Waals surface area (Å²) in [5.41, 5.74) is 2.59. The second kappa shape index (κ2) is 12.0. The Morgan fingerprint density at radius 1 is 1.14 bits per heavy atom. The Morgan fingerprint density at radius 3 is 2.63 bits per heavy atom. The number of ether oxygens (including phenoxy) is 3. The minimum absolute atomic E-state index is 0.161. The van der Waals surface area contributed by atoms with Gasteiger partial charge in [0.1, 0.15) is 28.7 Å². The average molecular weight is 592 g/mol. The molecule has 228 valence electrons. The highest BCUT2D eigenvalue weighted by Crippen LogP contribution is 2.38. The fourth-order valence-corrected chi connectivity index (χ4v) is 5.51. The van der Waals surface area contributed by atoms with E-state index in [4.69, 9.17) is 14.2 Å². The lowest BCUT2D eigenvalue weighted by molar-refractivity contribution is 0.0292. The molecular formula is C32H38FN5O5. The Balaban J connectivity index is 1.46. The van der Waals surface area contributed by atoms with E-state index in [1.165, 1.54) is 11.0 Å². The largest absolute Gasteiger partial charge is 0.497 e. The lowest BCUT2D eigenvalue weighted by Gasteiger charge is -2.40. The molecule has 2 aromatic carbocycles. The number of amides is 3. The van der Waals surface area contributed by atoms with Gasteiger partial charge in [-0.25, -0.2) is 19.0 Å². The third-order valence-corrected chi connectivity index (χ3v) is 7.58. The number of aromatic nitrogens is 1. The molecule has 0 radical (unpaired) electrons. The van der Waals surface area contributed by atoms with Gasteiger partial charge in [-0.2, -0.15) is 0 Å². The molecule has 1 N–H and O–H groups in total. The van der Waals surface area contributed by atoms with Crippen LogP contribution in [0, 0.1) is 12.7 Å². The number of nitrogens with one attached hydrogen (secondary N) is 1. The highest BCUT2D eigenvalue weighted by Gasteiger charge is 2.41. The molecular weight excluding hydrogens is 553 g/mol. The third kappa shape index (κ3) is 6.30. The van der Waals surface area contributed by atoms with Crippen LogP contribution in [0.15, 0.2) is 48.7 Å². The number of methoxy groups -OCH3 is 2. The molecule has 0 aliphatic carbocycles. The van der Waals surface area contributed by atoms with Crippen molar-refractivity contribution in [3.05, 3.63) is 71.2 Å². The van der Waals surface area contributed by atoms with Crippen LogP contribution in [0.2, 0.25) is 0 Å². The van der Waals surface area contributed by atoms with Gasteiger partial charge in [0.15, 0.2) is 0 Å². The van der Waals surface area contributed by atoms with Crippen molar-refractivity contribution in [1.29, 1.82) is 0 Å². The van der Waals surface area contributed by atoms with Crippen LogP contribution < -0.4 is 24.6 Å². The second-order valence-electron chi connectivity index (χ2n) is 11.7. The Kier molecular flexibility index (Phi) is 8.34. The molecule has 0 bridgehead atoms. The fraction of sp³-hybridized carbons (Fsp3) is 0.406. The first kappa shape index (κ1) is 29.9. The molecule has 2 aliphatic rings. The molecule has 1 aromatic heterocycles. The minimum Gasteiger partial charge on any atom is -0.497 e. The molecule has 43 heavy (non-hydrogen) atoms. The normalized spacial score (nSPS) is 16.7. The van der Waals surface area contributed by atoms with Crippen LogP contribution in [0.3, 0.4) is 0 Å². The number of aryl methyl sites for hydroxylation is 1. The van der Waals surface area contributed by atoms with Gasteiger partial charge in [0, 0.05) is 49.1 Å². The molecule has 10 nitrogen and oxygen atoms in total. The van der Waals surface area contributed by atoms with Crippen LogP contribution in [0.1, 0.15) is 43.9 Å². The molecule has 1 saturated heterocycles. The Morgan fingerprint density at radius 2 is 1.93 bits per heavy atom. The standard InChI is InChI=1S/C32H38FN5O5/c1-20-8-7-9-25(33)29(20)37-18-22-17-35-28(34-16-21-10-11-24(41-5)14-27(21)42-6)15-26(22)38(30(37)39)23-12-13-36(19-23)31(40)43-32(2,3)4/h7-11,14-15,17,23H,12-13,16,18-19H2,1-6H3,(H,34,35)/t23-/m0/s1. The molecule has 5 rings (SSSR count). The topological polar surface area (TPSA) is 96.5 Å². The van der Waals surface area contributed by atoms with Gasteiger partial charge < -0.3 is 24.4 Å². The molecule has 3 amide bonds. The highest BCUT2D eigenvalue weighted by atomic mass is 19.1. The van der Waals surface area contributed by atoms with E-state index in [-0.39, 0.29) is 30.8 Å². The molecule has 0 unspecified atom stereocenters. The van der Waals surface area contributed by atoms with Gasteiger partial charge in [0.05, 0.1) is 38.2 Å². The van der Waals surface area contributed by atoms with Gasteiger partial charge in [-0.15, -0.1) is 0 Å². The van der Waals surface area contributed by atoms with Crippen LogP contribution >= 0.6 is 0 Å². The van der Waals surface area contributed by atoms with E-state index in [2.05, 4.69) is 10.3 Å². The zero-order chi connectivity index (χ0) is 30.9. The first-order valence-electron chi connectivity index (χ1n) is 14.3. The molecule has 2 aliphatic heterocycles. The Labute approximate surface area is 251 Å². The smallest absolute Gasteiger partial charge is 0.410 e. The second-order valence-corrected chi connectivity index (χ2v) is 11.7. The van der Waals surface area contributed by atoms with E-state index >= 15 is 4.39 Å². The summed E-state index contributed by atoms with van der Waals surface area (Å²) in [6.07, 6.45) is 1.83. The summed E-state index contributed by atoms with van der Waals surface area (Å²) >= 11 is 0. The number of hydrogen-bond donors (Lipinski definition) is 1. The van der Waals surface area contributed by atoms with Crippen molar-refractivity contribution < 1.29 is 28.2 Å². The zero-order valence-corrected chi connectivity index (χ0v) is 25.4. The number of hydrogen-bond acceptors (Lipinski definition) is 7. The maximum atomic E-state index is 15.1. The van der Waals surface area contributed by atoms with E-state index in [0.29, 0.717) is 48.1 Å². The number of nitrogens with zero attached hydrogens (tertiary/aromatic N) is 4. The van der Waals surface area contributed by atoms with Gasteiger partial charge in [0.25, 0.3) is 0 Å². The number of likely N-dealkylation sites (tertiary alicyclic amines) is 1. The first-order chi connectivity index (χ1) is 20.5. The number of para-hydroxylation sites is 1. The number of rotatable bonds is 7. The number of carbonyl (C=O) groups excluding carboxylic acids is 2. The number of pyridine rings is 1. The van der Waals surface area contributed by atoms with Crippen molar-refractivity contribution >= 4 is 29.3 Å². The summed E-state index contributed by atoms with van der Waals surface area (Å²) in [6, 6.07) is 11.5. The third-order valence-electron chi connectivity index (χ3n) is 7.58. The molecule has 1 fully saturated rings. The van der Waals surface area contributed by atoms with Gasteiger partial charge in [-0.3, -0.25) is 9.80 Å². The quantitative estimate of drug-likeness (QED) is 0.354. The lowest BCUT2D eigenvalue weighted by Crippen LogP contribution is -2.53. The summed E-state index contributed by atoms with van der Waals surface area (Å²) in [5.74, 6) is 1.45. The molecule has 1 atom stereocenters. The number of urea groups is 1. The van der Waals surface area contributed by atoms with Crippen LogP contribution in [-0.2, 0) is 17.8 Å². The minimum atomic E-state index is -0.638. The van der Waals surface area contributed by atoms with Gasteiger partial charge in [-0.05, 0) is 57.9 Å². The Bertz CT molecular complexity index is 1500. The maximum Gasteiger partial charge on any atom is 0.410 e. The van der Waals surface area contributed by atoms with E-state index in [1.54, 1.807) is 49.3 Å². The van der Waals surface area contributed by atoms with Crippen molar-refractivity contribution in [3.8, 4) is 11.5 Å². The van der Waals surface area contributed by atoms with Crippen molar-refractivity contribution in [2.75, 3.05) is 42.4 Å². The molecule has 0 saturated carbocycles. The SMILES string of the molecule is COc1ccc(CNc2cc3c(cn2)CN(c2c(C)cccc2F)C(=O)N3[C@H]2CCN(C(=O)OC(C)(C)C)C2)c(OC)c1. The lowest BCUT2D eigenvalue weighted by atomic mass is 10.1. The van der Waals surface area contributed by atoms with Gasteiger partial charge in [-0.1, -0.05) is 12.1 Å². The molecule has 3 aromatic rings. The Hall–Kier alpha value is -4.54. The highest BCUT2D eigenvalue weighted by molar-refractivity contribution is 6.07. The zero-order valence-electron chi connectivity index (χ0n) is 25.4. The van der Waals surface area contributed by atoms with E-state index in [1.807, 2.05) is 45.0 Å². The summed E-state index contributed by atoms with van der Waals surface area (Å²) in [6.45, 7) is 8.55. The molecule has 11 heteroatoms. The number of carbonyl (C=O) groups is 2. The maximum absolute atomic E-state index is 15.1. The summed E-state index contributed by atoms with van der Waals surface area (Å²) in [4.78, 5) is 36.4. The number of anilines is 3. The van der Waals surface area contributed by atoms with E-state index in [0.717, 1.165) is 11.1 Å². The predicted octanol–water partition coefficient (Wildman–Crippen LogP) is 6.11. The molecule has 0 spiro atoms. The predicted molar refractivity (Wildman–Crippen MR) is 163 cm³/mol. The summed E-state index contributed by atoms with van der Waals surface area (Å²) in [5, 5.41) is 3.34. The van der Waals surface area contributed by atoms with Gasteiger partial charge >= 0.3 is 12.1 Å². The van der Waals surface area contributed by atoms with Crippen LogP contribution in [-0.4, -0.2) is 61.0 Å². The summed E-state index contributed by atoms with van der Waals surface area (Å²) < 4.78 is 31.5. The number of fused-ring (bicyclic) bond motifs is 1. The molecule has 3 heterocycles. The average Bonchev–Trinajstić information content (AvgIpc) is 3.45. The number of halogens is 1. The van der Waals surface area contributed by atoms with Crippen LogP contribution in [0.5, 0.6) is 11.5 Å². The number of benzene rings is 2. The van der Waals surface area contributed by atoms with E-state index in [9.17, 15) is 9.59 Å².